The summed E-state index contributed by atoms with van der Waals surface area (Å²) in [6, 6.07) is 7.81. The zero-order valence-electron chi connectivity index (χ0n) is 10.9. The van der Waals surface area contributed by atoms with E-state index in [1.807, 2.05) is 24.3 Å². The lowest BCUT2D eigenvalue weighted by Gasteiger charge is -2.18. The van der Waals surface area contributed by atoms with Crippen molar-refractivity contribution in [3.05, 3.63) is 36.2 Å². The molecule has 0 radical (unpaired) electrons. The van der Waals surface area contributed by atoms with Crippen molar-refractivity contribution < 1.29 is 0 Å². The van der Waals surface area contributed by atoms with E-state index in [9.17, 15) is 0 Å². The van der Waals surface area contributed by atoms with Gasteiger partial charge in [-0.2, -0.15) is 0 Å². The van der Waals surface area contributed by atoms with Crippen molar-refractivity contribution in [3.63, 3.8) is 0 Å². The molecule has 0 fully saturated rings. The van der Waals surface area contributed by atoms with Gasteiger partial charge in [0.05, 0.1) is 23.4 Å². The largest absolute Gasteiger partial charge is 0.252 e. The minimum absolute atomic E-state index is 0.0841. The average Bonchev–Trinajstić information content (AvgIpc) is 2.34. The monoisotopic (exact) mass is 259 g/mol. The molecule has 0 N–H and O–H groups in total. The fourth-order valence-electron chi connectivity index (χ4n) is 1.31. The number of rotatable bonds is 2. The Bertz CT molecular complexity index is 612. The summed E-state index contributed by atoms with van der Waals surface area (Å²) in [6.45, 7) is 6.39. The van der Waals surface area contributed by atoms with E-state index in [1.54, 1.807) is 12.4 Å². The van der Waals surface area contributed by atoms with Gasteiger partial charge in [0.1, 0.15) is 5.69 Å². The Morgan fingerprint density at radius 3 is 2.56 bits per heavy atom. The lowest BCUT2D eigenvalue weighted by Crippen LogP contribution is -2.08. The fraction of sp³-hybridized carbons (Fsp3) is 0.286. The molecule has 0 aliphatic heterocycles. The summed E-state index contributed by atoms with van der Waals surface area (Å²) in [5.74, 6) is 4.07. The van der Waals surface area contributed by atoms with Gasteiger partial charge in [0.2, 0.25) is 0 Å². The number of fused-ring (bicyclic) bond motifs is 1. The molecule has 1 atom stereocenters. The maximum absolute atomic E-state index is 4.49. The van der Waals surface area contributed by atoms with E-state index in [-0.39, 0.29) is 15.4 Å². The summed E-state index contributed by atoms with van der Waals surface area (Å²) in [5, 5.41) is 0. The van der Waals surface area contributed by atoms with Gasteiger partial charge in [0.25, 0.3) is 0 Å². The number of benzene rings is 1. The van der Waals surface area contributed by atoms with Gasteiger partial charge in [-0.15, -0.1) is 0 Å². The van der Waals surface area contributed by atoms with Gasteiger partial charge in [0, 0.05) is 4.75 Å². The first-order valence-electron chi connectivity index (χ1n) is 5.77. The van der Waals surface area contributed by atoms with Crippen molar-refractivity contribution in [2.24, 2.45) is 4.40 Å². The summed E-state index contributed by atoms with van der Waals surface area (Å²) in [5.41, 5.74) is 2.57. The third kappa shape index (κ3) is 3.01. The molecule has 0 aliphatic rings. The molecule has 1 heterocycles. The van der Waals surface area contributed by atoms with Gasteiger partial charge in [-0.25, -0.2) is 9.38 Å². The Balaban J connectivity index is 2.27. The molecule has 1 aromatic carbocycles. The molecule has 0 bridgehead atoms. The SMILES string of the molecule is C=S(N=Cc1cnc2ccccc2n1)C(C)(C)C. The molecular formula is C14H17N3S. The molecule has 94 valence electrons. The van der Waals surface area contributed by atoms with Crippen LogP contribution in [0.5, 0.6) is 0 Å². The van der Waals surface area contributed by atoms with Crippen LogP contribution in [-0.2, 0) is 0 Å². The second kappa shape index (κ2) is 4.98. The van der Waals surface area contributed by atoms with Crippen molar-refractivity contribution in [1.82, 2.24) is 9.97 Å². The van der Waals surface area contributed by atoms with Gasteiger partial charge >= 0.3 is 0 Å². The number of aromatic nitrogens is 2. The molecule has 0 spiro atoms. The Morgan fingerprint density at radius 2 is 1.89 bits per heavy atom. The first-order chi connectivity index (χ1) is 8.47. The van der Waals surface area contributed by atoms with Crippen LogP contribution in [0.25, 0.3) is 11.0 Å². The fourth-order valence-corrected chi connectivity index (χ4v) is 1.86. The Labute approximate surface area is 110 Å². The van der Waals surface area contributed by atoms with Crippen molar-refractivity contribution in [2.75, 3.05) is 0 Å². The molecule has 18 heavy (non-hydrogen) atoms. The predicted octanol–water partition coefficient (Wildman–Crippen LogP) is 3.46. The van der Waals surface area contributed by atoms with Crippen molar-refractivity contribution in [3.8, 4) is 0 Å². The van der Waals surface area contributed by atoms with E-state index in [0.717, 1.165) is 16.7 Å². The first-order valence-corrected chi connectivity index (χ1v) is 7.12. The van der Waals surface area contributed by atoms with Crippen LogP contribution in [0.4, 0.5) is 0 Å². The van der Waals surface area contributed by atoms with Crippen LogP contribution >= 0.6 is 10.7 Å². The van der Waals surface area contributed by atoms with Crippen LogP contribution in [0, 0.1) is 0 Å². The first kappa shape index (κ1) is 12.9. The lowest BCUT2D eigenvalue weighted by atomic mass is 10.3. The van der Waals surface area contributed by atoms with Gasteiger partial charge in [-0.05, 0) is 32.9 Å². The van der Waals surface area contributed by atoms with E-state index in [2.05, 4.69) is 41.0 Å². The smallest absolute Gasteiger partial charge is 0.101 e. The number of hydrogen-bond donors (Lipinski definition) is 0. The highest BCUT2D eigenvalue weighted by molar-refractivity contribution is 8.14. The number of para-hydroxylation sites is 2. The van der Waals surface area contributed by atoms with Crippen molar-refractivity contribution >= 4 is 33.8 Å². The highest BCUT2D eigenvalue weighted by Crippen LogP contribution is 2.30. The molecule has 0 amide bonds. The van der Waals surface area contributed by atoms with Crippen molar-refractivity contribution in [2.45, 2.75) is 25.5 Å². The van der Waals surface area contributed by atoms with Crippen LogP contribution in [0.1, 0.15) is 26.5 Å². The summed E-state index contributed by atoms with van der Waals surface area (Å²) < 4.78 is 4.55. The molecule has 1 unspecified atom stereocenters. The van der Waals surface area contributed by atoms with E-state index in [1.165, 1.54) is 0 Å². The molecule has 0 saturated heterocycles. The van der Waals surface area contributed by atoms with E-state index >= 15 is 0 Å². The Morgan fingerprint density at radius 1 is 1.22 bits per heavy atom. The highest BCUT2D eigenvalue weighted by Gasteiger charge is 2.12. The highest BCUT2D eigenvalue weighted by atomic mass is 32.2. The summed E-state index contributed by atoms with van der Waals surface area (Å²) >= 11 is 0. The maximum Gasteiger partial charge on any atom is 0.101 e. The third-order valence-corrected chi connectivity index (χ3v) is 4.26. The zero-order chi connectivity index (χ0) is 13.2. The molecule has 1 aromatic heterocycles. The van der Waals surface area contributed by atoms with Crippen LogP contribution in [0.15, 0.2) is 34.9 Å². The molecular weight excluding hydrogens is 242 g/mol. The standard InChI is InChI=1S/C14H17N3S/c1-14(2,3)18(4)16-10-11-9-15-12-7-5-6-8-13(12)17-11/h5-10H,4H2,1-3H3. The molecule has 3 nitrogen and oxygen atoms in total. The van der Waals surface area contributed by atoms with E-state index in [4.69, 9.17) is 0 Å². The van der Waals surface area contributed by atoms with Crippen LogP contribution in [-0.4, -0.2) is 26.8 Å². The van der Waals surface area contributed by atoms with Crippen LogP contribution in [0.3, 0.4) is 0 Å². The summed E-state index contributed by atoms with van der Waals surface area (Å²) in [6.07, 6.45) is 3.51. The van der Waals surface area contributed by atoms with Crippen LogP contribution in [0.2, 0.25) is 0 Å². The average molecular weight is 259 g/mol. The van der Waals surface area contributed by atoms with Gasteiger partial charge < -0.3 is 0 Å². The topological polar surface area (TPSA) is 38.1 Å². The molecule has 2 rings (SSSR count). The van der Waals surface area contributed by atoms with Gasteiger partial charge in [-0.3, -0.25) is 4.98 Å². The van der Waals surface area contributed by atoms with Crippen LogP contribution < -0.4 is 0 Å². The van der Waals surface area contributed by atoms with Crippen molar-refractivity contribution in [1.29, 1.82) is 0 Å². The predicted molar refractivity (Wildman–Crippen MR) is 81.6 cm³/mol. The molecule has 4 heteroatoms. The minimum Gasteiger partial charge on any atom is -0.252 e. The second-order valence-corrected chi connectivity index (χ2v) is 7.16. The second-order valence-electron chi connectivity index (χ2n) is 5.00. The summed E-state index contributed by atoms with van der Waals surface area (Å²) in [7, 11) is -0.270. The summed E-state index contributed by atoms with van der Waals surface area (Å²) in [4.78, 5) is 8.84. The zero-order valence-corrected chi connectivity index (χ0v) is 11.7. The Hall–Kier alpha value is -1.55. The van der Waals surface area contributed by atoms with E-state index in [0.29, 0.717) is 0 Å². The number of nitrogens with zero attached hydrogens (tertiary/aromatic N) is 3. The normalized spacial score (nSPS) is 14.2. The molecule has 0 aliphatic carbocycles. The van der Waals surface area contributed by atoms with E-state index < -0.39 is 0 Å². The minimum atomic E-state index is -0.270. The molecule has 0 saturated carbocycles. The quantitative estimate of drug-likeness (QED) is 0.612. The van der Waals surface area contributed by atoms with Gasteiger partial charge in [-0.1, -0.05) is 28.7 Å². The third-order valence-electron chi connectivity index (χ3n) is 2.49. The lowest BCUT2D eigenvalue weighted by molar-refractivity contribution is 0.803. The number of hydrogen-bond acceptors (Lipinski definition) is 3. The molecule has 2 aromatic rings. The maximum atomic E-state index is 4.49. The van der Waals surface area contributed by atoms with Gasteiger partial charge in [0.15, 0.2) is 0 Å². The Kier molecular flexibility index (Phi) is 3.57.